The van der Waals surface area contributed by atoms with E-state index in [1.165, 1.54) is 36.9 Å². The molecule has 0 bridgehead atoms. The molecule has 2 aromatic carbocycles. The lowest BCUT2D eigenvalue weighted by Crippen LogP contribution is -2.21. The van der Waals surface area contributed by atoms with Gasteiger partial charge >= 0.3 is 5.69 Å². The summed E-state index contributed by atoms with van der Waals surface area (Å²) < 4.78 is 10.8. The zero-order valence-corrected chi connectivity index (χ0v) is 18.9. The number of methoxy groups -OCH3 is 1. The lowest BCUT2D eigenvalue weighted by molar-refractivity contribution is -0.385. The molecular formula is C23H20N4O5S. The highest BCUT2D eigenvalue weighted by atomic mass is 32.1. The molecule has 4 rings (SSSR count). The van der Waals surface area contributed by atoms with E-state index in [2.05, 4.69) is 15.3 Å². The number of hydrogen-bond acceptors (Lipinski definition) is 8. The van der Waals surface area contributed by atoms with Crippen LogP contribution in [0.3, 0.4) is 0 Å². The van der Waals surface area contributed by atoms with Crippen molar-refractivity contribution < 1.29 is 19.2 Å². The van der Waals surface area contributed by atoms with Crippen molar-refractivity contribution in [3.63, 3.8) is 0 Å². The molecule has 2 aromatic heterocycles. The number of nitrogens with zero attached hydrogens (tertiary/aromatic N) is 3. The molecule has 168 valence electrons. The first-order chi connectivity index (χ1) is 15.9. The van der Waals surface area contributed by atoms with Gasteiger partial charge in [0.2, 0.25) is 5.88 Å². The second kappa shape index (κ2) is 9.21. The lowest BCUT2D eigenvalue weighted by Gasteiger charge is -2.12. The highest BCUT2D eigenvalue weighted by Crippen LogP contribution is 2.37. The number of hydrogen-bond donors (Lipinski definition) is 1. The van der Waals surface area contributed by atoms with Crippen LogP contribution in [0.4, 0.5) is 11.4 Å². The van der Waals surface area contributed by atoms with E-state index in [1.54, 1.807) is 6.92 Å². The first-order valence-corrected chi connectivity index (χ1v) is 10.8. The van der Waals surface area contributed by atoms with Crippen LogP contribution < -0.4 is 14.8 Å². The number of anilines is 1. The Hall–Kier alpha value is -4.05. The third-order valence-electron chi connectivity index (χ3n) is 5.03. The largest absolute Gasteiger partial charge is 0.490 e. The maximum absolute atomic E-state index is 12.6. The van der Waals surface area contributed by atoms with E-state index in [0.717, 1.165) is 26.9 Å². The first kappa shape index (κ1) is 22.2. The van der Waals surface area contributed by atoms with Crippen LogP contribution in [0, 0.1) is 24.0 Å². The van der Waals surface area contributed by atoms with Gasteiger partial charge in [0.05, 0.1) is 17.4 Å². The van der Waals surface area contributed by atoms with Crippen LogP contribution in [0.5, 0.6) is 11.6 Å². The van der Waals surface area contributed by atoms with Crippen molar-refractivity contribution in [2.24, 2.45) is 0 Å². The molecule has 0 atom stereocenters. The third kappa shape index (κ3) is 4.60. The lowest BCUT2D eigenvalue weighted by atomic mass is 10.0. The molecule has 1 N–H and O–H groups in total. The molecule has 0 spiro atoms. The van der Waals surface area contributed by atoms with Crippen LogP contribution in [-0.4, -0.2) is 34.5 Å². The number of aromatic nitrogens is 2. The van der Waals surface area contributed by atoms with Crippen molar-refractivity contribution >= 4 is 38.8 Å². The zero-order valence-electron chi connectivity index (χ0n) is 18.1. The Morgan fingerprint density at radius 1 is 1.18 bits per heavy atom. The average molecular weight is 465 g/mol. The fourth-order valence-electron chi connectivity index (χ4n) is 3.34. The molecule has 10 heteroatoms. The fraction of sp³-hybridized carbons (Fsp3) is 0.174. The summed E-state index contributed by atoms with van der Waals surface area (Å²) in [6.07, 6.45) is 1.40. The Morgan fingerprint density at radius 2 is 1.94 bits per heavy atom. The predicted octanol–water partition coefficient (Wildman–Crippen LogP) is 4.91. The molecule has 0 radical (unpaired) electrons. The Kier molecular flexibility index (Phi) is 6.18. The van der Waals surface area contributed by atoms with Gasteiger partial charge in [-0.05, 0) is 25.0 Å². The topological polar surface area (TPSA) is 116 Å². The van der Waals surface area contributed by atoms with Gasteiger partial charge in [0.1, 0.15) is 11.2 Å². The highest BCUT2D eigenvalue weighted by molar-refractivity contribution is 7.17. The summed E-state index contributed by atoms with van der Waals surface area (Å²) in [6, 6.07) is 10.9. The maximum Gasteiger partial charge on any atom is 0.311 e. The number of nitro groups is 1. The van der Waals surface area contributed by atoms with Crippen LogP contribution in [-0.2, 0) is 4.79 Å². The summed E-state index contributed by atoms with van der Waals surface area (Å²) in [4.78, 5) is 32.5. The van der Waals surface area contributed by atoms with Gasteiger partial charge < -0.3 is 14.8 Å². The highest BCUT2D eigenvalue weighted by Gasteiger charge is 2.19. The number of benzene rings is 2. The molecule has 33 heavy (non-hydrogen) atoms. The molecular weight excluding hydrogens is 444 g/mol. The van der Waals surface area contributed by atoms with Crippen molar-refractivity contribution in [2.75, 3.05) is 19.0 Å². The van der Waals surface area contributed by atoms with Crippen LogP contribution in [0.25, 0.3) is 21.3 Å². The van der Waals surface area contributed by atoms with Gasteiger partial charge in [-0.2, -0.15) is 0 Å². The average Bonchev–Trinajstić information content (AvgIpc) is 3.24. The number of rotatable bonds is 7. The second-order valence-electron chi connectivity index (χ2n) is 7.31. The van der Waals surface area contributed by atoms with Gasteiger partial charge in [0.15, 0.2) is 12.4 Å². The van der Waals surface area contributed by atoms with Crippen molar-refractivity contribution in [1.82, 2.24) is 9.97 Å². The monoisotopic (exact) mass is 464 g/mol. The predicted molar refractivity (Wildman–Crippen MR) is 126 cm³/mol. The summed E-state index contributed by atoms with van der Waals surface area (Å²) in [5.41, 5.74) is 3.84. The van der Waals surface area contributed by atoms with Gasteiger partial charge in [-0.1, -0.05) is 29.8 Å². The number of carbonyl (C=O) groups excluding carboxylic acids is 1. The minimum absolute atomic E-state index is 0.0559. The summed E-state index contributed by atoms with van der Waals surface area (Å²) >= 11 is 1.47. The first-order valence-electron chi connectivity index (χ1n) is 9.92. The van der Waals surface area contributed by atoms with E-state index >= 15 is 0 Å². The number of carbonyl (C=O) groups is 1. The van der Waals surface area contributed by atoms with Crippen LogP contribution in [0.15, 0.2) is 48.1 Å². The number of aryl methyl sites for hydroxylation is 2. The summed E-state index contributed by atoms with van der Waals surface area (Å²) in [5, 5.41) is 16.6. The van der Waals surface area contributed by atoms with Crippen LogP contribution in [0.2, 0.25) is 0 Å². The number of thiophene rings is 1. The van der Waals surface area contributed by atoms with E-state index in [-0.39, 0.29) is 18.0 Å². The minimum Gasteiger partial charge on any atom is -0.490 e. The number of nitro benzene ring substituents is 1. The standard InChI is InChI=1S/C23H20N4O5S/c1-13-4-6-15(7-5-13)16-11-33-23-21(16)22(24-12-25-23)32-10-20(28)26-17-9-19(31-3)18(27(29)30)8-14(17)2/h4-9,11-12H,10H2,1-3H3,(H,26,28). The molecule has 0 unspecified atom stereocenters. The Bertz CT molecular complexity index is 1350. The minimum atomic E-state index is -0.534. The van der Waals surface area contributed by atoms with Crippen LogP contribution >= 0.6 is 11.3 Å². The van der Waals surface area contributed by atoms with E-state index in [1.807, 2.05) is 36.6 Å². The van der Waals surface area contributed by atoms with Gasteiger partial charge in [-0.15, -0.1) is 11.3 Å². The summed E-state index contributed by atoms with van der Waals surface area (Å²) in [5.74, 6) is -0.0711. The Morgan fingerprint density at radius 3 is 2.64 bits per heavy atom. The summed E-state index contributed by atoms with van der Waals surface area (Å²) in [7, 11) is 1.33. The molecule has 1 amide bonds. The van der Waals surface area contributed by atoms with Crippen LogP contribution in [0.1, 0.15) is 11.1 Å². The molecule has 0 aliphatic carbocycles. The SMILES string of the molecule is COc1cc(NC(=O)COc2ncnc3scc(-c4ccc(C)cc4)c23)c(C)cc1[N+](=O)[O-]. The fourth-order valence-corrected chi connectivity index (χ4v) is 4.24. The molecule has 0 saturated heterocycles. The van der Waals surface area contributed by atoms with Gasteiger partial charge in [-0.25, -0.2) is 9.97 Å². The van der Waals surface area contributed by atoms with Gasteiger partial charge in [-0.3, -0.25) is 14.9 Å². The van der Waals surface area contributed by atoms with Crippen molar-refractivity contribution in [2.45, 2.75) is 13.8 Å². The number of amides is 1. The molecule has 0 fully saturated rings. The van der Waals surface area contributed by atoms with Gasteiger partial charge in [0, 0.05) is 28.8 Å². The van der Waals surface area contributed by atoms with Gasteiger partial charge in [0.25, 0.3) is 5.91 Å². The molecule has 0 saturated carbocycles. The smallest absolute Gasteiger partial charge is 0.311 e. The van der Waals surface area contributed by atoms with E-state index < -0.39 is 10.8 Å². The number of ether oxygens (including phenoxy) is 2. The summed E-state index contributed by atoms with van der Waals surface area (Å²) in [6.45, 7) is 3.39. The van der Waals surface area contributed by atoms with Crippen molar-refractivity contribution in [3.05, 3.63) is 69.3 Å². The van der Waals surface area contributed by atoms with E-state index in [4.69, 9.17) is 9.47 Å². The Labute approximate surface area is 193 Å². The molecule has 0 aliphatic heterocycles. The number of fused-ring (bicyclic) bond motifs is 1. The van der Waals surface area contributed by atoms with E-state index in [9.17, 15) is 14.9 Å². The molecule has 2 heterocycles. The molecule has 4 aromatic rings. The molecule has 9 nitrogen and oxygen atoms in total. The van der Waals surface area contributed by atoms with E-state index in [0.29, 0.717) is 17.1 Å². The normalized spacial score (nSPS) is 10.8. The van der Waals surface area contributed by atoms with Crippen molar-refractivity contribution in [1.29, 1.82) is 0 Å². The molecule has 0 aliphatic rings. The third-order valence-corrected chi connectivity index (χ3v) is 5.92. The second-order valence-corrected chi connectivity index (χ2v) is 8.17. The zero-order chi connectivity index (χ0) is 23.5. The maximum atomic E-state index is 12.6. The number of nitrogens with one attached hydrogen (secondary N) is 1. The van der Waals surface area contributed by atoms with Crippen molar-refractivity contribution in [3.8, 4) is 22.8 Å². The Balaban J connectivity index is 1.55. The quantitative estimate of drug-likeness (QED) is 0.305.